The van der Waals surface area contributed by atoms with E-state index in [1.54, 1.807) is 0 Å². The molecule has 0 radical (unpaired) electrons. The molecule has 2 aliphatic rings. The zero-order valence-electron chi connectivity index (χ0n) is 12.0. The van der Waals surface area contributed by atoms with Crippen LogP contribution < -0.4 is 0 Å². The van der Waals surface area contributed by atoms with Crippen LogP contribution in [0.15, 0.2) is 0 Å². The fourth-order valence-electron chi connectivity index (χ4n) is 2.57. The molecule has 11 nitrogen and oxygen atoms in total. The second-order valence-electron chi connectivity index (χ2n) is 5.53. The Bertz CT molecular complexity index is 378. The summed E-state index contributed by atoms with van der Waals surface area (Å²) in [5.74, 6) is 0. The first-order chi connectivity index (χ1) is 10.8. The smallest absolute Gasteiger partial charge is 0.187 e. The molecule has 0 aromatic rings. The maximum absolute atomic E-state index is 9.94. The van der Waals surface area contributed by atoms with Crippen LogP contribution >= 0.6 is 0 Å². The van der Waals surface area contributed by atoms with E-state index in [1.807, 2.05) is 0 Å². The van der Waals surface area contributed by atoms with Gasteiger partial charge in [-0.05, 0) is 0 Å². The quantitative estimate of drug-likeness (QED) is 0.243. The second kappa shape index (κ2) is 7.63. The highest BCUT2D eigenvalue weighted by Crippen LogP contribution is 2.28. The molecule has 0 bridgehead atoms. The number of rotatable bonds is 4. The lowest BCUT2D eigenvalue weighted by Gasteiger charge is -2.45. The summed E-state index contributed by atoms with van der Waals surface area (Å²) >= 11 is 0. The van der Waals surface area contributed by atoms with E-state index in [1.165, 1.54) is 0 Å². The third kappa shape index (κ3) is 3.65. The van der Waals surface area contributed by atoms with E-state index in [2.05, 4.69) is 0 Å². The van der Waals surface area contributed by atoms with E-state index in [0.29, 0.717) is 0 Å². The summed E-state index contributed by atoms with van der Waals surface area (Å²) < 4.78 is 15.3. The van der Waals surface area contributed by atoms with Gasteiger partial charge in [0.25, 0.3) is 0 Å². The fourth-order valence-corrected chi connectivity index (χ4v) is 2.57. The predicted molar refractivity (Wildman–Crippen MR) is 68.6 cm³/mol. The van der Waals surface area contributed by atoms with Crippen molar-refractivity contribution < 1.29 is 55.1 Å². The second-order valence-corrected chi connectivity index (χ2v) is 5.53. The van der Waals surface area contributed by atoms with Crippen LogP contribution in [0.1, 0.15) is 0 Å². The van der Waals surface area contributed by atoms with E-state index in [0.717, 1.165) is 0 Å². The van der Waals surface area contributed by atoms with Crippen LogP contribution in [0, 0.1) is 0 Å². The van der Waals surface area contributed by atoms with Crippen molar-refractivity contribution in [1.29, 1.82) is 0 Å². The first-order valence-electron chi connectivity index (χ1n) is 7.08. The number of hydrogen-bond donors (Lipinski definition) is 8. The van der Waals surface area contributed by atoms with Crippen molar-refractivity contribution in [2.24, 2.45) is 0 Å². The van der Waals surface area contributed by atoms with Crippen molar-refractivity contribution in [2.45, 2.75) is 61.4 Å². The van der Waals surface area contributed by atoms with Crippen LogP contribution in [-0.4, -0.2) is 115 Å². The Hall–Kier alpha value is -0.440. The molecular weight excluding hydrogens is 320 g/mol. The average Bonchev–Trinajstić information content (AvgIpc) is 2.55. The van der Waals surface area contributed by atoms with Crippen LogP contribution in [-0.2, 0) is 14.2 Å². The zero-order valence-corrected chi connectivity index (χ0v) is 12.0. The van der Waals surface area contributed by atoms with E-state index < -0.39 is 74.6 Å². The standard InChI is InChI=1S/C12H22O11/c13-1-3-5(15)6(16)9(19)12(22-3)23-10-4(2-14)21-11(20)8(18)7(10)17/h3-20H,1-2H2/t3?,4?,5-,6?,7?,8+,9-,10+,11-,12-/m0/s1. The summed E-state index contributed by atoms with van der Waals surface area (Å²) in [4.78, 5) is 0. The zero-order chi connectivity index (χ0) is 17.3. The third-order valence-corrected chi connectivity index (χ3v) is 3.98. The summed E-state index contributed by atoms with van der Waals surface area (Å²) in [6.07, 6.45) is -15.6. The van der Waals surface area contributed by atoms with Gasteiger partial charge in [0, 0.05) is 0 Å². The maximum Gasteiger partial charge on any atom is 0.187 e. The van der Waals surface area contributed by atoms with Gasteiger partial charge in [-0.25, -0.2) is 0 Å². The van der Waals surface area contributed by atoms with Crippen LogP contribution in [0.5, 0.6) is 0 Å². The van der Waals surface area contributed by atoms with E-state index in [-0.39, 0.29) is 0 Å². The molecule has 2 rings (SSSR count). The van der Waals surface area contributed by atoms with Gasteiger partial charge in [-0.3, -0.25) is 0 Å². The van der Waals surface area contributed by atoms with Gasteiger partial charge < -0.3 is 55.1 Å². The van der Waals surface area contributed by atoms with Crippen LogP contribution in [0.3, 0.4) is 0 Å². The lowest BCUT2D eigenvalue weighted by molar-refractivity contribution is -0.355. The fraction of sp³-hybridized carbons (Fsp3) is 1.00. The number of aliphatic hydroxyl groups excluding tert-OH is 8. The molecule has 0 aliphatic carbocycles. The molecule has 2 saturated heterocycles. The molecule has 0 saturated carbocycles. The Morgan fingerprint density at radius 3 is 1.83 bits per heavy atom. The molecule has 136 valence electrons. The Balaban J connectivity index is 2.11. The number of ether oxygens (including phenoxy) is 3. The van der Waals surface area contributed by atoms with Gasteiger partial charge in [0.1, 0.15) is 48.8 Å². The summed E-state index contributed by atoms with van der Waals surface area (Å²) in [5.41, 5.74) is 0. The van der Waals surface area contributed by atoms with Gasteiger partial charge in [-0.15, -0.1) is 0 Å². The molecule has 0 aromatic carbocycles. The number of aliphatic hydroxyl groups is 8. The number of hydrogen-bond acceptors (Lipinski definition) is 11. The van der Waals surface area contributed by atoms with Crippen LogP contribution in [0.4, 0.5) is 0 Å². The van der Waals surface area contributed by atoms with Gasteiger partial charge in [-0.1, -0.05) is 0 Å². The molecule has 0 amide bonds. The van der Waals surface area contributed by atoms with Gasteiger partial charge in [-0.2, -0.15) is 0 Å². The van der Waals surface area contributed by atoms with Gasteiger partial charge >= 0.3 is 0 Å². The average molecular weight is 342 g/mol. The summed E-state index contributed by atoms with van der Waals surface area (Å²) in [7, 11) is 0. The van der Waals surface area contributed by atoms with Crippen molar-refractivity contribution in [2.75, 3.05) is 13.2 Å². The predicted octanol–water partition coefficient (Wildman–Crippen LogP) is -5.40. The van der Waals surface area contributed by atoms with Crippen molar-refractivity contribution in [3.8, 4) is 0 Å². The minimum atomic E-state index is -1.74. The van der Waals surface area contributed by atoms with Crippen molar-refractivity contribution >= 4 is 0 Å². The molecule has 4 unspecified atom stereocenters. The molecule has 11 heteroatoms. The molecule has 10 atom stereocenters. The molecule has 2 aliphatic heterocycles. The Kier molecular flexibility index (Phi) is 6.27. The molecule has 2 fully saturated rings. The normalized spacial score (nSPS) is 51.7. The largest absolute Gasteiger partial charge is 0.394 e. The molecule has 23 heavy (non-hydrogen) atoms. The van der Waals surface area contributed by atoms with Crippen molar-refractivity contribution in [3.63, 3.8) is 0 Å². The summed E-state index contributed by atoms with van der Waals surface area (Å²) in [5, 5.41) is 76.5. The Morgan fingerprint density at radius 2 is 1.26 bits per heavy atom. The SMILES string of the molecule is OCC1O[C@@H](O[C@@H]2C(CO)O[C@H](O)[C@H](O)C2O)[C@@H](O)C(O)[C@H]1O. The Morgan fingerprint density at radius 1 is 0.652 bits per heavy atom. The maximum atomic E-state index is 9.94. The van der Waals surface area contributed by atoms with Crippen LogP contribution in [0.2, 0.25) is 0 Å². The monoisotopic (exact) mass is 342 g/mol. The van der Waals surface area contributed by atoms with Crippen molar-refractivity contribution in [3.05, 3.63) is 0 Å². The topological polar surface area (TPSA) is 190 Å². The minimum absolute atomic E-state index is 0.667. The van der Waals surface area contributed by atoms with E-state index in [4.69, 9.17) is 19.3 Å². The first-order valence-corrected chi connectivity index (χ1v) is 7.08. The lowest BCUT2D eigenvalue weighted by atomic mass is 9.97. The van der Waals surface area contributed by atoms with Gasteiger partial charge in [0.05, 0.1) is 13.2 Å². The first kappa shape index (κ1) is 18.9. The Labute approximate surface area is 130 Å². The highest BCUT2D eigenvalue weighted by Gasteiger charge is 2.50. The third-order valence-electron chi connectivity index (χ3n) is 3.98. The van der Waals surface area contributed by atoms with Crippen LogP contribution in [0.25, 0.3) is 0 Å². The minimum Gasteiger partial charge on any atom is -0.394 e. The van der Waals surface area contributed by atoms with Crippen molar-refractivity contribution in [1.82, 2.24) is 0 Å². The molecular formula is C12H22O11. The summed E-state index contributed by atoms with van der Waals surface area (Å²) in [6, 6.07) is 0. The molecule has 0 aromatic heterocycles. The van der Waals surface area contributed by atoms with E-state index in [9.17, 15) is 35.7 Å². The molecule has 2 heterocycles. The highest BCUT2D eigenvalue weighted by atomic mass is 16.7. The lowest BCUT2D eigenvalue weighted by Crippen LogP contribution is -2.64. The highest BCUT2D eigenvalue weighted by molar-refractivity contribution is 4.93. The molecule has 0 spiro atoms. The van der Waals surface area contributed by atoms with Gasteiger partial charge in [0.15, 0.2) is 12.6 Å². The summed E-state index contributed by atoms with van der Waals surface area (Å²) in [6.45, 7) is -1.35. The molecule has 8 N–H and O–H groups in total. The van der Waals surface area contributed by atoms with Gasteiger partial charge in [0.2, 0.25) is 0 Å². The van der Waals surface area contributed by atoms with E-state index >= 15 is 0 Å².